The average Bonchev–Trinajstić information content (AvgIpc) is 2.35. The first kappa shape index (κ1) is 15.9. The van der Waals surface area contributed by atoms with Gasteiger partial charge in [0, 0.05) is 5.41 Å². The Morgan fingerprint density at radius 2 is 1.68 bits per heavy atom. The fourth-order valence-corrected chi connectivity index (χ4v) is 2.40. The van der Waals surface area contributed by atoms with Crippen LogP contribution in [0.4, 0.5) is 0 Å². The van der Waals surface area contributed by atoms with Crippen LogP contribution in [-0.2, 0) is 21.2 Å². The molecule has 0 aliphatic heterocycles. The van der Waals surface area contributed by atoms with Gasteiger partial charge in [0.15, 0.2) is 5.78 Å². The molecule has 0 saturated carbocycles. The van der Waals surface area contributed by atoms with Gasteiger partial charge in [-0.05, 0) is 24.1 Å². The summed E-state index contributed by atoms with van der Waals surface area (Å²) in [5.74, 6) is -0.138. The van der Waals surface area contributed by atoms with Crippen LogP contribution in [0, 0.1) is 5.41 Å². The predicted molar refractivity (Wildman–Crippen MR) is 75.5 cm³/mol. The summed E-state index contributed by atoms with van der Waals surface area (Å²) >= 11 is 0. The molecule has 1 aromatic rings. The van der Waals surface area contributed by atoms with E-state index in [-0.39, 0.29) is 17.2 Å². The maximum atomic E-state index is 12.0. The van der Waals surface area contributed by atoms with E-state index < -0.39 is 15.4 Å². The van der Waals surface area contributed by atoms with E-state index in [9.17, 15) is 13.2 Å². The smallest absolute Gasteiger partial charge is 0.240 e. The molecule has 0 amide bonds. The van der Waals surface area contributed by atoms with Gasteiger partial charge in [0.2, 0.25) is 10.0 Å². The third kappa shape index (κ3) is 4.44. The van der Waals surface area contributed by atoms with E-state index >= 15 is 0 Å². The fourth-order valence-electron chi connectivity index (χ4n) is 1.41. The molecule has 0 saturated heterocycles. The summed E-state index contributed by atoms with van der Waals surface area (Å²) in [5.41, 5.74) is 0.527. The second-order valence-corrected chi connectivity index (χ2v) is 7.26. The molecule has 0 unspecified atom stereocenters. The summed E-state index contributed by atoms with van der Waals surface area (Å²) in [7, 11) is -3.61. The third-order valence-electron chi connectivity index (χ3n) is 2.90. The number of Topliss-reactive ketones (excluding diaryl/α,β-unsaturated/α-hetero) is 1. The van der Waals surface area contributed by atoms with Gasteiger partial charge < -0.3 is 0 Å². The molecule has 0 aliphatic carbocycles. The molecule has 1 N–H and O–H groups in total. The number of carbonyl (C=O) groups is 1. The van der Waals surface area contributed by atoms with E-state index in [0.717, 1.165) is 12.0 Å². The zero-order valence-corrected chi connectivity index (χ0v) is 12.7. The lowest BCUT2D eigenvalue weighted by Crippen LogP contribution is -2.35. The summed E-state index contributed by atoms with van der Waals surface area (Å²) in [6, 6.07) is 6.67. The summed E-state index contributed by atoms with van der Waals surface area (Å²) in [6.07, 6.45) is 0.857. The molecule has 0 aliphatic rings. The van der Waals surface area contributed by atoms with Gasteiger partial charge in [-0.15, -0.1) is 0 Å². The molecule has 0 aromatic heterocycles. The van der Waals surface area contributed by atoms with Crippen molar-refractivity contribution in [2.24, 2.45) is 5.41 Å². The van der Waals surface area contributed by atoms with Crippen LogP contribution in [0.2, 0.25) is 0 Å². The number of hydrogen-bond donors (Lipinski definition) is 1. The van der Waals surface area contributed by atoms with Crippen molar-refractivity contribution in [3.8, 4) is 0 Å². The lowest BCUT2D eigenvalue weighted by Gasteiger charge is -2.16. The molecule has 0 atom stereocenters. The third-order valence-corrected chi connectivity index (χ3v) is 4.32. The standard InChI is InChI=1S/C14H21NO3S/c1-5-11-6-8-12(9-7-11)19(17,18)15-10-13(16)14(2,3)4/h6-9,15H,5,10H2,1-4H3. The number of sulfonamides is 1. The SMILES string of the molecule is CCc1ccc(S(=O)(=O)NCC(=O)C(C)(C)C)cc1. The Labute approximate surface area is 115 Å². The highest BCUT2D eigenvalue weighted by molar-refractivity contribution is 7.89. The van der Waals surface area contributed by atoms with Crippen molar-refractivity contribution >= 4 is 15.8 Å². The summed E-state index contributed by atoms with van der Waals surface area (Å²) in [5, 5.41) is 0. The Balaban J connectivity index is 2.78. The van der Waals surface area contributed by atoms with Crippen molar-refractivity contribution in [1.82, 2.24) is 4.72 Å². The topological polar surface area (TPSA) is 63.2 Å². The highest BCUT2D eigenvalue weighted by atomic mass is 32.2. The van der Waals surface area contributed by atoms with Gasteiger partial charge in [-0.1, -0.05) is 39.8 Å². The first-order chi connectivity index (χ1) is 8.66. The lowest BCUT2D eigenvalue weighted by molar-refractivity contribution is -0.125. The van der Waals surface area contributed by atoms with Crippen LogP contribution in [0.5, 0.6) is 0 Å². The van der Waals surface area contributed by atoms with E-state index in [0.29, 0.717) is 0 Å². The molecule has 0 fully saturated rings. The van der Waals surface area contributed by atoms with Gasteiger partial charge in [0.05, 0.1) is 11.4 Å². The van der Waals surface area contributed by atoms with Crippen molar-refractivity contribution in [2.75, 3.05) is 6.54 Å². The minimum Gasteiger partial charge on any atom is -0.298 e. The van der Waals surface area contributed by atoms with Gasteiger partial charge in [0.1, 0.15) is 0 Å². The van der Waals surface area contributed by atoms with Crippen molar-refractivity contribution in [3.63, 3.8) is 0 Å². The summed E-state index contributed by atoms with van der Waals surface area (Å²) < 4.78 is 26.3. The zero-order chi connectivity index (χ0) is 14.7. The number of rotatable bonds is 5. The number of nitrogens with one attached hydrogen (secondary N) is 1. The van der Waals surface area contributed by atoms with Crippen molar-refractivity contribution in [1.29, 1.82) is 0 Å². The lowest BCUT2D eigenvalue weighted by atomic mass is 9.91. The molecule has 1 rings (SSSR count). The van der Waals surface area contributed by atoms with E-state index in [1.54, 1.807) is 45.0 Å². The van der Waals surface area contributed by atoms with E-state index in [4.69, 9.17) is 0 Å². The van der Waals surface area contributed by atoms with Crippen LogP contribution in [-0.4, -0.2) is 20.7 Å². The van der Waals surface area contributed by atoms with Crippen molar-refractivity contribution < 1.29 is 13.2 Å². The molecule has 5 heteroatoms. The van der Waals surface area contributed by atoms with Gasteiger partial charge in [-0.3, -0.25) is 4.79 Å². The fraction of sp³-hybridized carbons (Fsp3) is 0.500. The Kier molecular flexibility index (Phi) is 4.87. The first-order valence-corrected chi connectivity index (χ1v) is 7.77. The molecule has 0 spiro atoms. The van der Waals surface area contributed by atoms with Crippen LogP contribution < -0.4 is 4.72 Å². The van der Waals surface area contributed by atoms with Crippen LogP contribution >= 0.6 is 0 Å². The van der Waals surface area contributed by atoms with Crippen molar-refractivity contribution in [3.05, 3.63) is 29.8 Å². The number of carbonyl (C=O) groups excluding carboxylic acids is 1. The van der Waals surface area contributed by atoms with Crippen LogP contribution in [0.15, 0.2) is 29.2 Å². The molecule has 1 aromatic carbocycles. The van der Waals surface area contributed by atoms with Gasteiger partial charge >= 0.3 is 0 Å². The average molecular weight is 283 g/mol. The summed E-state index contributed by atoms with van der Waals surface area (Å²) in [4.78, 5) is 11.9. The molecule has 0 bridgehead atoms. The quantitative estimate of drug-likeness (QED) is 0.900. The van der Waals surface area contributed by atoms with E-state index in [1.165, 1.54) is 0 Å². The molecule has 0 radical (unpaired) electrons. The highest BCUT2D eigenvalue weighted by Crippen LogP contribution is 2.15. The van der Waals surface area contributed by atoms with Crippen LogP contribution in [0.3, 0.4) is 0 Å². The van der Waals surface area contributed by atoms with Crippen molar-refractivity contribution in [2.45, 2.75) is 39.0 Å². The maximum absolute atomic E-state index is 12.0. The number of aryl methyl sites for hydroxylation is 1. The maximum Gasteiger partial charge on any atom is 0.240 e. The highest BCUT2D eigenvalue weighted by Gasteiger charge is 2.23. The number of ketones is 1. The van der Waals surface area contributed by atoms with Gasteiger partial charge in [-0.2, -0.15) is 0 Å². The molecular weight excluding hydrogens is 262 g/mol. The molecule has 19 heavy (non-hydrogen) atoms. The van der Waals surface area contributed by atoms with Gasteiger partial charge in [-0.25, -0.2) is 13.1 Å². The molecule has 106 valence electrons. The van der Waals surface area contributed by atoms with E-state index in [1.807, 2.05) is 6.92 Å². The Morgan fingerprint density at radius 3 is 2.11 bits per heavy atom. The number of benzene rings is 1. The summed E-state index contributed by atoms with van der Waals surface area (Å²) in [6.45, 7) is 7.12. The second kappa shape index (κ2) is 5.84. The monoisotopic (exact) mass is 283 g/mol. The zero-order valence-electron chi connectivity index (χ0n) is 11.9. The largest absolute Gasteiger partial charge is 0.298 e. The first-order valence-electron chi connectivity index (χ1n) is 6.28. The second-order valence-electron chi connectivity index (χ2n) is 5.50. The number of hydrogen-bond acceptors (Lipinski definition) is 3. The molecule has 4 nitrogen and oxygen atoms in total. The van der Waals surface area contributed by atoms with Gasteiger partial charge in [0.25, 0.3) is 0 Å². The Bertz CT molecular complexity index is 539. The Morgan fingerprint density at radius 1 is 1.16 bits per heavy atom. The molecular formula is C14H21NO3S. The normalized spacial score (nSPS) is 12.4. The van der Waals surface area contributed by atoms with Crippen LogP contribution in [0.25, 0.3) is 0 Å². The molecule has 0 heterocycles. The Hall–Kier alpha value is -1.20. The predicted octanol–water partition coefficient (Wildman–Crippen LogP) is 2.14. The minimum atomic E-state index is -3.61. The minimum absolute atomic E-state index is 0.138. The van der Waals surface area contributed by atoms with E-state index in [2.05, 4.69) is 4.72 Å². The van der Waals surface area contributed by atoms with Crippen LogP contribution in [0.1, 0.15) is 33.3 Å².